The lowest BCUT2D eigenvalue weighted by atomic mass is 9.94. The minimum Gasteiger partial charge on any atom is -0.369 e. The van der Waals surface area contributed by atoms with Crippen LogP contribution < -0.4 is 5.73 Å². The first-order valence-electron chi connectivity index (χ1n) is 8.26. The van der Waals surface area contributed by atoms with Gasteiger partial charge in [-0.3, -0.25) is 19.2 Å². The number of hydrogen-bond acceptors (Lipinski definition) is 4. The van der Waals surface area contributed by atoms with E-state index in [0.717, 1.165) is 43.9 Å². The van der Waals surface area contributed by atoms with Crippen LogP contribution in [-0.4, -0.2) is 64.1 Å². The van der Waals surface area contributed by atoms with Crippen LogP contribution in [0.2, 0.25) is 0 Å². The molecule has 7 heteroatoms. The maximum atomic E-state index is 12.6. The van der Waals surface area contributed by atoms with Crippen LogP contribution in [0.5, 0.6) is 0 Å². The van der Waals surface area contributed by atoms with Gasteiger partial charge >= 0.3 is 0 Å². The van der Waals surface area contributed by atoms with Gasteiger partial charge in [-0.05, 0) is 39.3 Å². The molecule has 0 aromatic carbocycles. The lowest BCUT2D eigenvalue weighted by Gasteiger charge is -2.43. The van der Waals surface area contributed by atoms with E-state index in [1.807, 2.05) is 28.3 Å². The second kappa shape index (κ2) is 6.31. The number of piperidine rings is 1. The number of primary amides is 1. The number of nitrogens with zero attached hydrogens (tertiary/aromatic N) is 4. The Labute approximate surface area is 136 Å². The Kier molecular flexibility index (Phi) is 4.39. The van der Waals surface area contributed by atoms with E-state index in [0.29, 0.717) is 6.54 Å². The normalized spacial score (nSPS) is 22.9. The predicted octanol–water partition coefficient (Wildman–Crippen LogP) is 0.0805. The number of rotatable bonds is 4. The van der Waals surface area contributed by atoms with E-state index in [1.54, 1.807) is 0 Å². The van der Waals surface area contributed by atoms with Crippen molar-refractivity contribution in [2.75, 3.05) is 32.7 Å². The molecule has 3 rings (SSSR count). The first-order chi connectivity index (χ1) is 10.9. The van der Waals surface area contributed by atoms with E-state index >= 15 is 0 Å². The molecule has 1 aromatic heterocycles. The molecule has 23 heavy (non-hydrogen) atoms. The van der Waals surface area contributed by atoms with Crippen LogP contribution in [0, 0.1) is 19.8 Å². The molecule has 0 aliphatic carbocycles. The van der Waals surface area contributed by atoms with Crippen molar-refractivity contribution in [1.82, 2.24) is 19.6 Å². The number of aromatic nitrogens is 2. The maximum Gasteiger partial charge on any atom is 0.231 e. The van der Waals surface area contributed by atoms with E-state index < -0.39 is 0 Å². The molecule has 0 bridgehead atoms. The second-order valence-corrected chi connectivity index (χ2v) is 6.81. The highest BCUT2D eigenvalue weighted by molar-refractivity contribution is 5.80. The topological polar surface area (TPSA) is 84.5 Å². The fourth-order valence-corrected chi connectivity index (χ4v) is 3.68. The Balaban J connectivity index is 1.54. The Hall–Kier alpha value is -1.89. The molecule has 2 aliphatic heterocycles. The number of likely N-dealkylation sites (tertiary alicyclic amines) is 2. The van der Waals surface area contributed by atoms with Gasteiger partial charge in [-0.1, -0.05) is 0 Å². The average Bonchev–Trinajstić information content (AvgIpc) is 2.75. The SMILES string of the molecule is Cc1cc(C)n(C2CN(C(=O)[C@@H]3CCCN(CC(N)=O)C3)C2)n1. The standard InChI is InChI=1S/C16H25N5O2/c1-11-6-12(2)21(18-11)14-8-20(9-14)16(23)13-4-3-5-19(7-13)10-15(17)22/h6,13-14H,3-5,7-10H2,1-2H3,(H2,17,22)/t13-/m1/s1. The number of nitrogens with two attached hydrogens (primary N) is 1. The van der Waals surface area contributed by atoms with Crippen LogP contribution in [-0.2, 0) is 9.59 Å². The van der Waals surface area contributed by atoms with Gasteiger partial charge in [0.25, 0.3) is 0 Å². The van der Waals surface area contributed by atoms with Crippen molar-refractivity contribution in [2.24, 2.45) is 11.7 Å². The Morgan fingerprint density at radius 2 is 2.04 bits per heavy atom. The zero-order chi connectivity index (χ0) is 16.6. The first kappa shape index (κ1) is 16.0. The molecular weight excluding hydrogens is 294 g/mol. The van der Waals surface area contributed by atoms with Crippen molar-refractivity contribution < 1.29 is 9.59 Å². The van der Waals surface area contributed by atoms with Gasteiger partial charge in [0.05, 0.1) is 24.2 Å². The van der Waals surface area contributed by atoms with Crippen molar-refractivity contribution in [1.29, 1.82) is 0 Å². The van der Waals surface area contributed by atoms with E-state index in [-0.39, 0.29) is 30.3 Å². The minimum absolute atomic E-state index is 0.00972. The van der Waals surface area contributed by atoms with Crippen LogP contribution in [0.15, 0.2) is 6.07 Å². The third-order valence-corrected chi connectivity index (χ3v) is 4.80. The summed E-state index contributed by atoms with van der Waals surface area (Å²) in [7, 11) is 0. The Morgan fingerprint density at radius 3 is 2.65 bits per heavy atom. The molecule has 2 fully saturated rings. The van der Waals surface area contributed by atoms with E-state index in [2.05, 4.69) is 11.2 Å². The number of hydrogen-bond donors (Lipinski definition) is 1. The largest absolute Gasteiger partial charge is 0.369 e. The van der Waals surface area contributed by atoms with Crippen molar-refractivity contribution in [3.63, 3.8) is 0 Å². The van der Waals surface area contributed by atoms with Crippen LogP contribution >= 0.6 is 0 Å². The number of aryl methyl sites for hydroxylation is 2. The van der Waals surface area contributed by atoms with Gasteiger partial charge in [-0.15, -0.1) is 0 Å². The molecule has 0 spiro atoms. The highest BCUT2D eigenvalue weighted by atomic mass is 16.2. The molecule has 0 radical (unpaired) electrons. The fraction of sp³-hybridized carbons (Fsp3) is 0.688. The Morgan fingerprint density at radius 1 is 1.30 bits per heavy atom. The zero-order valence-corrected chi connectivity index (χ0v) is 13.9. The lowest BCUT2D eigenvalue weighted by molar-refractivity contribution is -0.144. The molecule has 3 heterocycles. The smallest absolute Gasteiger partial charge is 0.231 e. The summed E-state index contributed by atoms with van der Waals surface area (Å²) in [6.07, 6.45) is 1.84. The van der Waals surface area contributed by atoms with Crippen molar-refractivity contribution in [3.8, 4) is 0 Å². The summed E-state index contributed by atoms with van der Waals surface area (Å²) in [5, 5.41) is 4.50. The molecule has 7 nitrogen and oxygen atoms in total. The summed E-state index contributed by atoms with van der Waals surface area (Å²) in [4.78, 5) is 27.6. The molecule has 2 N–H and O–H groups in total. The third kappa shape index (κ3) is 3.39. The van der Waals surface area contributed by atoms with Gasteiger partial charge < -0.3 is 10.6 Å². The summed E-state index contributed by atoms with van der Waals surface area (Å²) in [5.41, 5.74) is 7.41. The molecule has 2 saturated heterocycles. The van der Waals surface area contributed by atoms with Gasteiger partial charge in [0.2, 0.25) is 11.8 Å². The second-order valence-electron chi connectivity index (χ2n) is 6.81. The minimum atomic E-state index is -0.327. The highest BCUT2D eigenvalue weighted by Gasteiger charge is 2.37. The predicted molar refractivity (Wildman–Crippen MR) is 85.7 cm³/mol. The van der Waals surface area contributed by atoms with Crippen molar-refractivity contribution in [2.45, 2.75) is 32.7 Å². The quantitative estimate of drug-likeness (QED) is 0.852. The summed E-state index contributed by atoms with van der Waals surface area (Å²) in [6, 6.07) is 2.35. The molecule has 0 unspecified atom stereocenters. The van der Waals surface area contributed by atoms with Crippen molar-refractivity contribution in [3.05, 3.63) is 17.5 Å². The Bertz CT molecular complexity index is 606. The van der Waals surface area contributed by atoms with E-state index in [1.165, 1.54) is 0 Å². The molecule has 126 valence electrons. The zero-order valence-electron chi connectivity index (χ0n) is 13.9. The number of carbonyl (C=O) groups is 2. The van der Waals surface area contributed by atoms with Gasteiger partial charge in [0, 0.05) is 25.3 Å². The number of amides is 2. The maximum absolute atomic E-state index is 12.6. The molecular formula is C16H25N5O2. The van der Waals surface area contributed by atoms with E-state index in [9.17, 15) is 9.59 Å². The number of carbonyl (C=O) groups excluding carboxylic acids is 2. The molecule has 1 atom stereocenters. The summed E-state index contributed by atoms with van der Waals surface area (Å²) in [6.45, 7) is 7.23. The summed E-state index contributed by atoms with van der Waals surface area (Å²) < 4.78 is 2.03. The first-order valence-corrected chi connectivity index (χ1v) is 8.26. The molecule has 2 aliphatic rings. The van der Waals surface area contributed by atoms with Crippen LogP contribution in [0.25, 0.3) is 0 Å². The van der Waals surface area contributed by atoms with Crippen LogP contribution in [0.1, 0.15) is 30.3 Å². The average molecular weight is 319 g/mol. The summed E-state index contributed by atoms with van der Waals surface area (Å²) in [5.74, 6) is -0.131. The van der Waals surface area contributed by atoms with Gasteiger partial charge in [-0.25, -0.2) is 0 Å². The van der Waals surface area contributed by atoms with Crippen LogP contribution in [0.3, 0.4) is 0 Å². The fourth-order valence-electron chi connectivity index (χ4n) is 3.68. The lowest BCUT2D eigenvalue weighted by Crippen LogP contribution is -2.55. The molecule has 1 aromatic rings. The van der Waals surface area contributed by atoms with E-state index in [4.69, 9.17) is 5.73 Å². The monoisotopic (exact) mass is 319 g/mol. The molecule has 2 amide bonds. The van der Waals surface area contributed by atoms with Crippen LogP contribution in [0.4, 0.5) is 0 Å². The third-order valence-electron chi connectivity index (χ3n) is 4.80. The van der Waals surface area contributed by atoms with Crippen molar-refractivity contribution >= 4 is 11.8 Å². The highest BCUT2D eigenvalue weighted by Crippen LogP contribution is 2.27. The van der Waals surface area contributed by atoms with Gasteiger partial charge in [-0.2, -0.15) is 5.10 Å². The van der Waals surface area contributed by atoms with Gasteiger partial charge in [0.1, 0.15) is 0 Å². The van der Waals surface area contributed by atoms with Gasteiger partial charge in [0.15, 0.2) is 0 Å². The summed E-state index contributed by atoms with van der Waals surface area (Å²) >= 11 is 0. The molecule has 0 saturated carbocycles.